The van der Waals surface area contributed by atoms with Crippen LogP contribution in [0.5, 0.6) is 0 Å². The van der Waals surface area contributed by atoms with Crippen molar-refractivity contribution in [2.45, 2.75) is 186 Å². The standard InChI is InChI=1S/C46H80O16P2/c1-3-5-7-8-9-10-11-12-13-14-15-16-17-18-19-20-26-30-46(52)62-40(37-61-64(56,57)60-35-39(48)34-59-63(53,54)55)36-58-45(51)29-25-22-21-24-28-41-42(44(50)33-43(41)49)32-31-38(47)27-23-6-4-2/h9-10,12-13,15-16,31-32,38-43,47-49H,3-8,11,14,17-30,33-37H2,1-2H3,(H,56,57)(H2,53,54,55)/b10-9-,13-12-,16-15-,32-31+/t38-,39-,40+,41+,42+,43-/m0/s1. The van der Waals surface area contributed by atoms with Crippen molar-refractivity contribution in [3.63, 3.8) is 0 Å². The summed E-state index contributed by atoms with van der Waals surface area (Å²) >= 11 is 0. The predicted octanol–water partition coefficient (Wildman–Crippen LogP) is 8.82. The van der Waals surface area contributed by atoms with E-state index < -0.39 is 84.3 Å². The molecule has 1 unspecified atom stereocenters. The summed E-state index contributed by atoms with van der Waals surface area (Å²) in [6.45, 7) is 1.34. The summed E-state index contributed by atoms with van der Waals surface area (Å²) in [4.78, 5) is 65.5. The second kappa shape index (κ2) is 36.7. The van der Waals surface area contributed by atoms with E-state index in [1.54, 1.807) is 12.2 Å². The third kappa shape index (κ3) is 33.2. The molecule has 1 aliphatic rings. The topological polar surface area (TPSA) is 253 Å². The van der Waals surface area contributed by atoms with Crippen molar-refractivity contribution in [3.8, 4) is 0 Å². The van der Waals surface area contributed by atoms with E-state index in [-0.39, 0.29) is 31.0 Å². The molecule has 0 bridgehead atoms. The van der Waals surface area contributed by atoms with Gasteiger partial charge in [-0.3, -0.25) is 28.0 Å². The number of aliphatic hydroxyl groups is 3. The molecule has 1 aliphatic carbocycles. The Hall–Kier alpha value is -2.33. The van der Waals surface area contributed by atoms with Crippen LogP contribution in [0.3, 0.4) is 0 Å². The summed E-state index contributed by atoms with van der Waals surface area (Å²) in [5.41, 5.74) is 0. The lowest BCUT2D eigenvalue weighted by molar-refractivity contribution is -0.161. The molecule has 16 nitrogen and oxygen atoms in total. The van der Waals surface area contributed by atoms with Crippen LogP contribution in [-0.2, 0) is 46.6 Å². The van der Waals surface area contributed by atoms with Gasteiger partial charge in [-0.15, -0.1) is 0 Å². The smallest absolute Gasteiger partial charge is 0.462 e. The number of hydrogen-bond acceptors (Lipinski definition) is 13. The first-order valence-electron chi connectivity index (χ1n) is 23.4. The molecule has 0 aromatic carbocycles. The monoisotopic (exact) mass is 950 g/mol. The number of phosphoric ester groups is 2. The number of ketones is 1. The number of carbonyl (C=O) groups is 3. The minimum atomic E-state index is -4.90. The molecule has 0 amide bonds. The highest BCUT2D eigenvalue weighted by molar-refractivity contribution is 7.47. The fraction of sp³-hybridized carbons (Fsp3) is 0.761. The molecule has 0 aliphatic heterocycles. The van der Waals surface area contributed by atoms with Crippen molar-refractivity contribution in [2.75, 3.05) is 26.4 Å². The number of aliphatic hydroxyl groups excluding tert-OH is 3. The third-order valence-electron chi connectivity index (χ3n) is 10.6. The maximum atomic E-state index is 12.7. The Balaban J connectivity index is 2.53. The van der Waals surface area contributed by atoms with Crippen molar-refractivity contribution < 1.29 is 76.6 Å². The zero-order valence-corrected chi connectivity index (χ0v) is 40.1. The highest BCUT2D eigenvalue weighted by Gasteiger charge is 2.39. The molecule has 0 aromatic heterocycles. The van der Waals surface area contributed by atoms with E-state index in [0.717, 1.165) is 77.0 Å². The van der Waals surface area contributed by atoms with Gasteiger partial charge in [0.2, 0.25) is 0 Å². The van der Waals surface area contributed by atoms with Crippen LogP contribution in [0.2, 0.25) is 0 Å². The first-order valence-corrected chi connectivity index (χ1v) is 26.5. The van der Waals surface area contributed by atoms with Crippen molar-refractivity contribution >= 4 is 33.4 Å². The lowest BCUT2D eigenvalue weighted by Crippen LogP contribution is -2.30. The average Bonchev–Trinajstić information content (AvgIpc) is 3.51. The molecule has 1 fully saturated rings. The van der Waals surface area contributed by atoms with E-state index >= 15 is 0 Å². The van der Waals surface area contributed by atoms with Crippen LogP contribution in [-0.4, -0.2) is 98.6 Å². The molecule has 1 saturated carbocycles. The maximum absolute atomic E-state index is 12.7. The van der Waals surface area contributed by atoms with Crippen molar-refractivity contribution in [2.24, 2.45) is 11.8 Å². The Bertz CT molecular complexity index is 1480. The molecule has 64 heavy (non-hydrogen) atoms. The maximum Gasteiger partial charge on any atom is 0.472 e. The molecule has 0 spiro atoms. The zero-order chi connectivity index (χ0) is 47.5. The van der Waals surface area contributed by atoms with Gasteiger partial charge in [0, 0.05) is 25.2 Å². The zero-order valence-electron chi connectivity index (χ0n) is 38.3. The molecule has 6 N–H and O–H groups in total. The number of allylic oxidation sites excluding steroid dienone is 7. The molecule has 0 aromatic rings. The van der Waals surface area contributed by atoms with Gasteiger partial charge in [0.05, 0.1) is 32.0 Å². The number of hydrogen-bond donors (Lipinski definition) is 6. The van der Waals surface area contributed by atoms with Gasteiger partial charge in [0.15, 0.2) is 6.10 Å². The van der Waals surface area contributed by atoms with Gasteiger partial charge in [-0.1, -0.05) is 127 Å². The Labute approximate surface area is 381 Å². The second-order valence-corrected chi connectivity index (χ2v) is 19.2. The van der Waals surface area contributed by atoms with Crippen molar-refractivity contribution in [3.05, 3.63) is 48.6 Å². The highest BCUT2D eigenvalue weighted by atomic mass is 31.2. The van der Waals surface area contributed by atoms with Gasteiger partial charge in [0.25, 0.3) is 0 Å². The minimum Gasteiger partial charge on any atom is -0.462 e. The van der Waals surface area contributed by atoms with Crippen LogP contribution >= 0.6 is 15.6 Å². The van der Waals surface area contributed by atoms with Gasteiger partial charge in [-0.2, -0.15) is 0 Å². The largest absolute Gasteiger partial charge is 0.472 e. The lowest BCUT2D eigenvalue weighted by Gasteiger charge is -2.20. The number of ether oxygens (including phenoxy) is 2. The molecule has 0 heterocycles. The van der Waals surface area contributed by atoms with E-state index in [1.165, 1.54) is 19.3 Å². The summed E-state index contributed by atoms with van der Waals surface area (Å²) in [7, 11) is -9.77. The van der Waals surface area contributed by atoms with Crippen LogP contribution in [0.15, 0.2) is 48.6 Å². The van der Waals surface area contributed by atoms with Crippen molar-refractivity contribution in [1.82, 2.24) is 0 Å². The predicted molar refractivity (Wildman–Crippen MR) is 245 cm³/mol. The number of Topliss-reactive ketones (excluding diaryl/α,β-unsaturated/α-hetero) is 1. The van der Waals surface area contributed by atoms with Crippen LogP contribution in [0.4, 0.5) is 0 Å². The summed E-state index contributed by atoms with van der Waals surface area (Å²) < 4.78 is 47.8. The molecule has 1 rings (SSSR count). The summed E-state index contributed by atoms with van der Waals surface area (Å²) in [5.74, 6) is -1.91. The van der Waals surface area contributed by atoms with Crippen LogP contribution in [0.25, 0.3) is 0 Å². The van der Waals surface area contributed by atoms with E-state index in [4.69, 9.17) is 23.8 Å². The number of carbonyl (C=O) groups excluding carboxylic acids is 3. The fourth-order valence-corrected chi connectivity index (χ4v) is 8.12. The quantitative estimate of drug-likeness (QED) is 0.0145. The normalized spacial score (nSPS) is 19.6. The average molecular weight is 951 g/mol. The Morgan fingerprint density at radius 2 is 1.23 bits per heavy atom. The summed E-state index contributed by atoms with van der Waals surface area (Å²) in [6.07, 6.45) is 30.0. The molecular formula is C46H80O16P2. The first-order chi connectivity index (χ1) is 30.6. The Morgan fingerprint density at radius 1 is 0.688 bits per heavy atom. The molecule has 370 valence electrons. The summed E-state index contributed by atoms with van der Waals surface area (Å²) in [6, 6.07) is 0. The molecule has 18 heteroatoms. The van der Waals surface area contributed by atoms with Gasteiger partial charge in [-0.05, 0) is 70.1 Å². The van der Waals surface area contributed by atoms with E-state index in [0.29, 0.717) is 32.1 Å². The second-order valence-electron chi connectivity index (χ2n) is 16.5. The van der Waals surface area contributed by atoms with Gasteiger partial charge in [-0.25, -0.2) is 9.13 Å². The van der Waals surface area contributed by atoms with Crippen LogP contribution in [0.1, 0.15) is 162 Å². The van der Waals surface area contributed by atoms with Gasteiger partial charge >= 0.3 is 27.6 Å². The number of unbranched alkanes of at least 4 members (excludes halogenated alkanes) is 12. The first kappa shape index (κ1) is 59.7. The Kier molecular flexibility index (Phi) is 34.3. The van der Waals surface area contributed by atoms with Crippen LogP contribution in [0, 0.1) is 11.8 Å². The van der Waals surface area contributed by atoms with Gasteiger partial charge < -0.3 is 39.5 Å². The molecule has 0 saturated heterocycles. The summed E-state index contributed by atoms with van der Waals surface area (Å²) in [5, 5.41) is 30.6. The number of esters is 2. The Morgan fingerprint density at radius 3 is 1.88 bits per heavy atom. The van der Waals surface area contributed by atoms with Gasteiger partial charge in [0.1, 0.15) is 18.5 Å². The van der Waals surface area contributed by atoms with Crippen molar-refractivity contribution in [1.29, 1.82) is 0 Å². The fourth-order valence-electron chi connectivity index (χ4n) is 6.96. The van der Waals surface area contributed by atoms with Crippen LogP contribution < -0.4 is 0 Å². The van der Waals surface area contributed by atoms with E-state index in [1.807, 2.05) is 0 Å². The third-order valence-corrected chi connectivity index (χ3v) is 12.0. The van der Waals surface area contributed by atoms with E-state index in [9.17, 15) is 43.7 Å². The highest BCUT2D eigenvalue weighted by Crippen LogP contribution is 2.44. The molecular weight excluding hydrogens is 870 g/mol. The number of phosphoric acid groups is 2. The molecule has 7 atom stereocenters. The lowest BCUT2D eigenvalue weighted by atomic mass is 9.88. The molecule has 0 radical (unpaired) electrons. The number of rotatable bonds is 40. The minimum absolute atomic E-state index is 0.0313. The van der Waals surface area contributed by atoms with E-state index in [2.05, 4.69) is 59.4 Å². The SMILES string of the molecule is CCCCC/C=C\C/C=C\C/C=C\CCCCCCC(=O)O[C@H](COC(=O)CCCCCC[C@H]1[C@@H](O)CC(=O)[C@@H]1/C=C/[C@@H](O)CCCCC)COP(=O)(O)OC[C@@H](O)COP(=O)(O)O.